The van der Waals surface area contributed by atoms with Gasteiger partial charge in [0.2, 0.25) is 5.88 Å². The number of fused-ring (bicyclic) bond motifs is 2. The van der Waals surface area contributed by atoms with Crippen molar-refractivity contribution in [3.05, 3.63) is 71.6 Å². The van der Waals surface area contributed by atoms with E-state index in [1.807, 2.05) is 18.2 Å². The number of allylic oxidation sites excluding steroid dienone is 2. The number of anilines is 2. The molecule has 0 radical (unpaired) electrons. The number of hydrogen-bond acceptors (Lipinski definition) is 4. The molecule has 2 aromatic rings. The smallest absolute Gasteiger partial charge is 0.200 e. The van der Waals surface area contributed by atoms with E-state index in [1.54, 1.807) is 0 Å². The van der Waals surface area contributed by atoms with Crippen LogP contribution in [-0.2, 0) is 0 Å². The average Bonchev–Trinajstić information content (AvgIpc) is 3.18. The summed E-state index contributed by atoms with van der Waals surface area (Å²) in [5, 5.41) is 0. The predicted molar refractivity (Wildman–Crippen MR) is 111 cm³/mol. The van der Waals surface area contributed by atoms with Gasteiger partial charge in [-0.25, -0.2) is 0 Å². The lowest BCUT2D eigenvalue weighted by Crippen LogP contribution is -2.32. The minimum Gasteiger partial charge on any atom is -0.465 e. The van der Waals surface area contributed by atoms with Crippen molar-refractivity contribution in [1.29, 1.82) is 0 Å². The summed E-state index contributed by atoms with van der Waals surface area (Å²) in [4.78, 5) is 4.46. The maximum atomic E-state index is 6.12. The van der Waals surface area contributed by atoms with Gasteiger partial charge in [0.15, 0.2) is 12.0 Å². The Morgan fingerprint density at radius 1 is 0.926 bits per heavy atom. The third-order valence-electron chi connectivity index (χ3n) is 5.04. The zero-order valence-corrected chi connectivity index (χ0v) is 16.4. The largest absolute Gasteiger partial charge is 0.465 e. The highest BCUT2D eigenvalue weighted by Crippen LogP contribution is 2.40. The second kappa shape index (κ2) is 7.03. The van der Waals surface area contributed by atoms with Crippen molar-refractivity contribution in [1.82, 2.24) is 0 Å². The molecule has 4 nitrogen and oxygen atoms in total. The number of likely N-dealkylation sites (N-methyl/N-ethyl adjacent to an activating group) is 1. The van der Waals surface area contributed by atoms with Crippen LogP contribution in [0.3, 0.4) is 0 Å². The Labute approximate surface area is 161 Å². The summed E-state index contributed by atoms with van der Waals surface area (Å²) in [6, 6.07) is 12.6. The monoisotopic (exact) mass is 362 g/mol. The van der Waals surface area contributed by atoms with Gasteiger partial charge in [0.05, 0.1) is 11.4 Å². The second-order valence-corrected chi connectivity index (χ2v) is 6.97. The Hall–Kier alpha value is -2.88. The molecule has 2 aliphatic heterocycles. The summed E-state index contributed by atoms with van der Waals surface area (Å²) in [5.41, 5.74) is 4.77. The number of nitrogens with zero attached hydrogens (tertiary/aromatic N) is 2. The molecule has 4 rings (SSSR count). The lowest BCUT2D eigenvalue weighted by atomic mass is 10.2. The first kappa shape index (κ1) is 17.5. The van der Waals surface area contributed by atoms with Crippen molar-refractivity contribution >= 4 is 11.4 Å². The van der Waals surface area contributed by atoms with E-state index in [4.69, 9.17) is 9.47 Å². The maximum Gasteiger partial charge on any atom is 0.200 e. The standard InChI is InChI=1S/C23H26N2O2/c1-5-24-18-14-16(3)10-12-20(18)26-22(24)8-7-9-23-25(6-2)19-15-17(4)11-13-21(19)27-23/h7-15,22H,5-6H2,1-4H3/b8-7+,23-9-. The van der Waals surface area contributed by atoms with Gasteiger partial charge in [0, 0.05) is 13.1 Å². The molecule has 1 unspecified atom stereocenters. The molecule has 0 bridgehead atoms. The summed E-state index contributed by atoms with van der Waals surface area (Å²) < 4.78 is 12.2. The fraction of sp³-hybridized carbons (Fsp3) is 0.304. The molecule has 0 saturated carbocycles. The number of aryl methyl sites for hydroxylation is 2. The van der Waals surface area contributed by atoms with Gasteiger partial charge < -0.3 is 19.3 Å². The lowest BCUT2D eigenvalue weighted by molar-refractivity contribution is 0.275. The number of ether oxygens (including phenoxy) is 2. The topological polar surface area (TPSA) is 24.9 Å². The highest BCUT2D eigenvalue weighted by atomic mass is 16.5. The summed E-state index contributed by atoms with van der Waals surface area (Å²) in [7, 11) is 0. The highest BCUT2D eigenvalue weighted by Gasteiger charge is 2.28. The first-order valence-corrected chi connectivity index (χ1v) is 9.59. The SMILES string of the molecule is CCN1/C(=C/C=C/C2Oc3ccc(C)cc3N2CC)Oc2ccc(C)cc21. The molecule has 0 fully saturated rings. The van der Waals surface area contributed by atoms with Gasteiger partial charge in [-0.2, -0.15) is 0 Å². The van der Waals surface area contributed by atoms with E-state index in [9.17, 15) is 0 Å². The minimum atomic E-state index is -0.0928. The first-order chi connectivity index (χ1) is 13.1. The molecular formula is C23H26N2O2. The van der Waals surface area contributed by atoms with Gasteiger partial charge in [-0.15, -0.1) is 0 Å². The third kappa shape index (κ3) is 3.16. The molecule has 0 saturated heterocycles. The van der Waals surface area contributed by atoms with Crippen molar-refractivity contribution in [3.63, 3.8) is 0 Å². The second-order valence-electron chi connectivity index (χ2n) is 6.97. The van der Waals surface area contributed by atoms with Crippen molar-refractivity contribution in [2.24, 2.45) is 0 Å². The summed E-state index contributed by atoms with van der Waals surface area (Å²) in [6.07, 6.45) is 6.04. The molecule has 0 amide bonds. The van der Waals surface area contributed by atoms with Gasteiger partial charge >= 0.3 is 0 Å². The van der Waals surface area contributed by atoms with E-state index in [0.29, 0.717) is 0 Å². The Kier molecular flexibility index (Phi) is 4.56. The Morgan fingerprint density at radius 2 is 1.63 bits per heavy atom. The summed E-state index contributed by atoms with van der Waals surface area (Å²) in [5.74, 6) is 2.71. The van der Waals surface area contributed by atoms with E-state index in [1.165, 1.54) is 11.1 Å². The maximum absolute atomic E-state index is 6.12. The molecule has 2 aromatic carbocycles. The van der Waals surface area contributed by atoms with Crippen LogP contribution in [0, 0.1) is 13.8 Å². The molecule has 27 heavy (non-hydrogen) atoms. The first-order valence-electron chi connectivity index (χ1n) is 9.59. The van der Waals surface area contributed by atoms with Crippen molar-refractivity contribution in [2.75, 3.05) is 22.9 Å². The van der Waals surface area contributed by atoms with E-state index in [-0.39, 0.29) is 6.23 Å². The van der Waals surface area contributed by atoms with Crippen molar-refractivity contribution in [3.8, 4) is 11.5 Å². The quantitative estimate of drug-likeness (QED) is 0.750. The molecule has 0 N–H and O–H groups in total. The van der Waals surface area contributed by atoms with Crippen LogP contribution in [0.1, 0.15) is 25.0 Å². The van der Waals surface area contributed by atoms with E-state index >= 15 is 0 Å². The fourth-order valence-corrected chi connectivity index (χ4v) is 3.67. The third-order valence-corrected chi connectivity index (χ3v) is 5.04. The van der Waals surface area contributed by atoms with Crippen LogP contribution in [0.2, 0.25) is 0 Å². The zero-order chi connectivity index (χ0) is 19.0. The van der Waals surface area contributed by atoms with Crippen molar-refractivity contribution < 1.29 is 9.47 Å². The highest BCUT2D eigenvalue weighted by molar-refractivity contribution is 5.68. The minimum absolute atomic E-state index is 0.0928. The molecule has 2 heterocycles. The molecule has 4 heteroatoms. The lowest BCUT2D eigenvalue weighted by Gasteiger charge is -2.21. The van der Waals surface area contributed by atoms with Gasteiger partial charge in [0.25, 0.3) is 0 Å². The Bertz CT molecular complexity index is 917. The van der Waals surface area contributed by atoms with Gasteiger partial charge in [-0.05, 0) is 75.2 Å². The van der Waals surface area contributed by atoms with Crippen LogP contribution in [0.4, 0.5) is 11.4 Å². The Balaban J connectivity index is 1.54. The average molecular weight is 362 g/mol. The molecule has 0 aromatic heterocycles. The van der Waals surface area contributed by atoms with Gasteiger partial charge in [-0.1, -0.05) is 18.2 Å². The molecule has 0 spiro atoms. The number of benzene rings is 2. The number of hydrogen-bond donors (Lipinski definition) is 0. The van der Waals surface area contributed by atoms with Crippen molar-refractivity contribution in [2.45, 2.75) is 33.9 Å². The summed E-state index contributed by atoms with van der Waals surface area (Å²) >= 11 is 0. The number of rotatable bonds is 4. The molecule has 140 valence electrons. The predicted octanol–water partition coefficient (Wildman–Crippen LogP) is 5.16. The molecular weight excluding hydrogens is 336 g/mol. The van der Waals surface area contributed by atoms with Gasteiger partial charge in [-0.3, -0.25) is 0 Å². The zero-order valence-electron chi connectivity index (χ0n) is 16.4. The van der Waals surface area contributed by atoms with Crippen LogP contribution >= 0.6 is 0 Å². The van der Waals surface area contributed by atoms with Crippen LogP contribution < -0.4 is 19.3 Å². The van der Waals surface area contributed by atoms with Gasteiger partial charge in [0.1, 0.15) is 5.75 Å². The summed E-state index contributed by atoms with van der Waals surface area (Å²) in [6.45, 7) is 10.3. The van der Waals surface area contributed by atoms with Crippen LogP contribution in [-0.4, -0.2) is 19.3 Å². The molecule has 0 aliphatic carbocycles. The normalized spacial score (nSPS) is 19.4. The van der Waals surface area contributed by atoms with E-state index in [2.05, 4.69) is 73.9 Å². The van der Waals surface area contributed by atoms with Crippen LogP contribution in [0.5, 0.6) is 11.5 Å². The fourth-order valence-electron chi connectivity index (χ4n) is 3.67. The van der Waals surface area contributed by atoms with Crippen LogP contribution in [0.25, 0.3) is 0 Å². The molecule has 2 aliphatic rings. The van der Waals surface area contributed by atoms with E-state index < -0.39 is 0 Å². The molecule has 1 atom stereocenters. The van der Waals surface area contributed by atoms with E-state index in [0.717, 1.165) is 41.8 Å². The Morgan fingerprint density at radius 3 is 2.33 bits per heavy atom. The van der Waals surface area contributed by atoms with Crippen LogP contribution in [0.15, 0.2) is 60.5 Å².